The number of halogens is 6. The van der Waals surface area contributed by atoms with E-state index in [4.69, 9.17) is 0 Å². The molecule has 0 aromatic heterocycles. The Morgan fingerprint density at radius 1 is 1.20 bits per heavy atom. The second kappa shape index (κ2) is 7.08. The van der Waals surface area contributed by atoms with Crippen LogP contribution in [0.3, 0.4) is 0 Å². The smallest absolute Gasteiger partial charge is 0.207 e. The molecule has 114 valence electrons. The van der Waals surface area contributed by atoms with Crippen LogP contribution in [0, 0.1) is 0 Å². The SMILES string of the molecule is O=S(=O)(c1cc(Br)ccc1Br)N(CCBr)CC(F)(F)F. The fourth-order valence-electron chi connectivity index (χ4n) is 1.39. The van der Waals surface area contributed by atoms with E-state index in [2.05, 4.69) is 47.8 Å². The lowest BCUT2D eigenvalue weighted by Crippen LogP contribution is -2.40. The van der Waals surface area contributed by atoms with E-state index < -0.39 is 22.7 Å². The first-order chi connectivity index (χ1) is 9.08. The fourth-order valence-corrected chi connectivity index (χ4v) is 4.94. The molecule has 0 N–H and O–H groups in total. The van der Waals surface area contributed by atoms with E-state index in [0.717, 1.165) is 0 Å². The van der Waals surface area contributed by atoms with E-state index in [1.807, 2.05) is 0 Å². The van der Waals surface area contributed by atoms with Crippen molar-refractivity contribution < 1.29 is 21.6 Å². The molecule has 0 fully saturated rings. The van der Waals surface area contributed by atoms with Crippen molar-refractivity contribution in [1.29, 1.82) is 0 Å². The van der Waals surface area contributed by atoms with Crippen molar-refractivity contribution >= 4 is 57.8 Å². The molecule has 0 heterocycles. The molecule has 0 aliphatic heterocycles. The predicted octanol–water partition coefficient (Wildman–Crippen LogP) is 4.16. The molecule has 0 bridgehead atoms. The van der Waals surface area contributed by atoms with Crippen molar-refractivity contribution in [2.24, 2.45) is 0 Å². The summed E-state index contributed by atoms with van der Waals surface area (Å²) in [6, 6.07) is 4.30. The first kappa shape index (κ1) is 18.4. The van der Waals surface area contributed by atoms with Gasteiger partial charge >= 0.3 is 6.18 Å². The van der Waals surface area contributed by atoms with E-state index in [1.165, 1.54) is 12.1 Å². The van der Waals surface area contributed by atoms with Crippen molar-refractivity contribution in [1.82, 2.24) is 4.31 Å². The third kappa shape index (κ3) is 4.97. The third-order valence-corrected chi connectivity index (χ3v) is 5.89. The highest BCUT2D eigenvalue weighted by Gasteiger charge is 2.37. The number of hydrogen-bond acceptors (Lipinski definition) is 2. The number of nitrogens with zero attached hydrogens (tertiary/aromatic N) is 1. The predicted molar refractivity (Wildman–Crippen MR) is 80.4 cm³/mol. The highest BCUT2D eigenvalue weighted by molar-refractivity contribution is 9.11. The molecule has 10 heteroatoms. The normalized spacial score (nSPS) is 12.9. The molecule has 1 aromatic carbocycles. The minimum Gasteiger partial charge on any atom is -0.207 e. The van der Waals surface area contributed by atoms with E-state index in [1.54, 1.807) is 6.07 Å². The van der Waals surface area contributed by atoms with Crippen LogP contribution in [-0.2, 0) is 10.0 Å². The molecular formula is C10H9Br3F3NO2S. The average Bonchev–Trinajstić information content (AvgIpc) is 2.30. The van der Waals surface area contributed by atoms with Crippen LogP contribution < -0.4 is 0 Å². The maximum atomic E-state index is 12.5. The van der Waals surface area contributed by atoms with Gasteiger partial charge in [-0.3, -0.25) is 0 Å². The molecule has 0 aliphatic carbocycles. The standard InChI is InChI=1S/C10H9Br3F3NO2S/c11-3-4-17(6-10(14,15)16)20(18,19)9-5-7(12)1-2-8(9)13/h1-2,5H,3-4,6H2. The van der Waals surface area contributed by atoms with Crippen LogP contribution in [-0.4, -0.2) is 37.3 Å². The van der Waals surface area contributed by atoms with Crippen molar-refractivity contribution in [3.05, 3.63) is 27.1 Å². The van der Waals surface area contributed by atoms with Crippen LogP contribution in [0.25, 0.3) is 0 Å². The first-order valence-electron chi connectivity index (χ1n) is 5.16. The Morgan fingerprint density at radius 2 is 1.80 bits per heavy atom. The lowest BCUT2D eigenvalue weighted by molar-refractivity contribution is -0.135. The van der Waals surface area contributed by atoms with Crippen LogP contribution in [0.15, 0.2) is 32.0 Å². The van der Waals surface area contributed by atoms with E-state index in [-0.39, 0.29) is 21.2 Å². The summed E-state index contributed by atoms with van der Waals surface area (Å²) < 4.78 is 63.3. The number of alkyl halides is 4. The summed E-state index contributed by atoms with van der Waals surface area (Å²) >= 11 is 9.11. The summed E-state index contributed by atoms with van der Waals surface area (Å²) in [7, 11) is -4.24. The number of benzene rings is 1. The van der Waals surface area contributed by atoms with Crippen molar-refractivity contribution in [2.45, 2.75) is 11.1 Å². The second-order valence-corrected chi connectivity index (χ2v) is 8.19. The third-order valence-electron chi connectivity index (χ3n) is 2.20. The van der Waals surface area contributed by atoms with Crippen molar-refractivity contribution in [2.75, 3.05) is 18.4 Å². The van der Waals surface area contributed by atoms with Gasteiger partial charge in [0.05, 0.1) is 4.90 Å². The Labute approximate surface area is 140 Å². The molecule has 1 aromatic rings. The minimum atomic E-state index is -4.60. The van der Waals surface area contributed by atoms with Crippen LogP contribution in [0.2, 0.25) is 0 Å². The van der Waals surface area contributed by atoms with Crippen LogP contribution in [0.4, 0.5) is 13.2 Å². The fraction of sp³-hybridized carbons (Fsp3) is 0.400. The second-order valence-electron chi connectivity index (χ2n) is 3.72. The zero-order chi connectivity index (χ0) is 15.6. The summed E-state index contributed by atoms with van der Waals surface area (Å²) in [6.07, 6.45) is -4.60. The van der Waals surface area contributed by atoms with Crippen LogP contribution >= 0.6 is 47.8 Å². The van der Waals surface area contributed by atoms with Gasteiger partial charge in [-0.2, -0.15) is 17.5 Å². The van der Waals surface area contributed by atoms with Crippen molar-refractivity contribution in [3.63, 3.8) is 0 Å². The molecule has 20 heavy (non-hydrogen) atoms. The molecule has 0 unspecified atom stereocenters. The molecule has 1 rings (SSSR count). The van der Waals surface area contributed by atoms with E-state index in [9.17, 15) is 21.6 Å². The number of hydrogen-bond donors (Lipinski definition) is 0. The summed E-state index contributed by atoms with van der Waals surface area (Å²) in [5.74, 6) is 0. The zero-order valence-electron chi connectivity index (χ0n) is 9.79. The zero-order valence-corrected chi connectivity index (χ0v) is 15.4. The van der Waals surface area contributed by atoms with Gasteiger partial charge in [-0.15, -0.1) is 0 Å². The van der Waals surface area contributed by atoms with Gasteiger partial charge in [0.2, 0.25) is 10.0 Å². The van der Waals surface area contributed by atoms with Gasteiger partial charge in [-0.1, -0.05) is 31.9 Å². The quantitative estimate of drug-likeness (QED) is 0.566. The Hall–Kier alpha value is 0.360. The van der Waals surface area contributed by atoms with E-state index in [0.29, 0.717) is 8.78 Å². The highest BCUT2D eigenvalue weighted by atomic mass is 79.9. The lowest BCUT2D eigenvalue weighted by atomic mass is 10.4. The number of rotatable bonds is 5. The van der Waals surface area contributed by atoms with Gasteiger partial charge in [0.1, 0.15) is 6.54 Å². The largest absolute Gasteiger partial charge is 0.402 e. The molecular weight excluding hydrogens is 495 g/mol. The molecule has 0 spiro atoms. The van der Waals surface area contributed by atoms with Gasteiger partial charge in [0.25, 0.3) is 0 Å². The molecule has 0 atom stereocenters. The van der Waals surface area contributed by atoms with Gasteiger partial charge in [-0.05, 0) is 34.1 Å². The summed E-state index contributed by atoms with van der Waals surface area (Å²) in [4.78, 5) is -0.211. The maximum Gasteiger partial charge on any atom is 0.402 e. The van der Waals surface area contributed by atoms with E-state index >= 15 is 0 Å². The molecule has 0 amide bonds. The maximum absolute atomic E-state index is 12.5. The Kier molecular flexibility index (Phi) is 6.52. The Morgan fingerprint density at radius 3 is 2.30 bits per heavy atom. The van der Waals surface area contributed by atoms with Gasteiger partial charge in [0, 0.05) is 20.8 Å². The molecule has 3 nitrogen and oxygen atoms in total. The summed E-state index contributed by atoms with van der Waals surface area (Å²) in [5, 5.41) is 0.105. The molecule has 0 saturated carbocycles. The highest BCUT2D eigenvalue weighted by Crippen LogP contribution is 2.30. The molecule has 0 radical (unpaired) electrons. The Bertz CT molecular complexity index is 578. The van der Waals surface area contributed by atoms with Gasteiger partial charge in [0.15, 0.2) is 0 Å². The Balaban J connectivity index is 3.26. The monoisotopic (exact) mass is 501 g/mol. The van der Waals surface area contributed by atoms with Gasteiger partial charge < -0.3 is 0 Å². The first-order valence-corrected chi connectivity index (χ1v) is 9.30. The van der Waals surface area contributed by atoms with Crippen LogP contribution in [0.1, 0.15) is 0 Å². The minimum absolute atomic E-state index is 0.105. The average molecular weight is 504 g/mol. The molecule has 0 saturated heterocycles. The topological polar surface area (TPSA) is 37.4 Å². The summed E-state index contributed by atoms with van der Waals surface area (Å²) in [6.45, 7) is -1.80. The van der Waals surface area contributed by atoms with Crippen molar-refractivity contribution in [3.8, 4) is 0 Å². The van der Waals surface area contributed by atoms with Gasteiger partial charge in [-0.25, -0.2) is 8.42 Å². The van der Waals surface area contributed by atoms with Crippen LogP contribution in [0.5, 0.6) is 0 Å². The lowest BCUT2D eigenvalue weighted by Gasteiger charge is -2.23. The summed E-state index contributed by atoms with van der Waals surface area (Å²) in [5.41, 5.74) is 0. The number of sulfonamides is 1. The molecule has 0 aliphatic rings.